The Labute approximate surface area is 416 Å². The molecule has 8 bridgehead atoms. The van der Waals surface area contributed by atoms with Gasteiger partial charge in [-0.15, -0.1) is 0 Å². The van der Waals surface area contributed by atoms with E-state index in [9.17, 15) is 40.9 Å². The number of aryl methyl sites for hydroxylation is 1. The van der Waals surface area contributed by atoms with Crippen LogP contribution in [0.5, 0.6) is 5.75 Å². The van der Waals surface area contributed by atoms with Crippen LogP contribution in [-0.4, -0.2) is 119 Å². The summed E-state index contributed by atoms with van der Waals surface area (Å²) in [6.07, 6.45) is 11.3. The number of nitrogens with zero attached hydrogens (tertiary/aromatic N) is 1. The van der Waals surface area contributed by atoms with E-state index >= 15 is 9.59 Å². The molecule has 1 aromatic rings. The van der Waals surface area contributed by atoms with Gasteiger partial charge in [-0.25, -0.2) is 0 Å². The first-order valence-corrected chi connectivity index (χ1v) is 28.9. The van der Waals surface area contributed by atoms with Crippen molar-refractivity contribution in [3.63, 3.8) is 0 Å². The first-order valence-electron chi connectivity index (χ1n) is 26.5. The molecule has 11 aliphatic rings. The summed E-state index contributed by atoms with van der Waals surface area (Å²) in [6.45, 7) is 10.1. The normalized spacial score (nSPS) is 47.4. The van der Waals surface area contributed by atoms with Crippen LogP contribution in [0, 0.1) is 69.0 Å². The number of allylic oxidation sites excluding steroid dienone is 2. The van der Waals surface area contributed by atoms with E-state index in [0.717, 1.165) is 44.1 Å². The van der Waals surface area contributed by atoms with Crippen molar-refractivity contribution in [1.29, 1.82) is 0 Å². The van der Waals surface area contributed by atoms with E-state index in [2.05, 4.69) is 33.8 Å². The van der Waals surface area contributed by atoms with Crippen LogP contribution in [0.4, 0.5) is 5.69 Å². The number of benzene rings is 1. The Bertz CT molecular complexity index is 2240. The van der Waals surface area contributed by atoms with Crippen molar-refractivity contribution in [3.05, 3.63) is 47.6 Å². The third-order valence-corrected chi connectivity index (χ3v) is 23.9. The fourth-order valence-electron chi connectivity index (χ4n) is 17.4. The second-order valence-corrected chi connectivity index (χ2v) is 26.8. The quantitative estimate of drug-likeness (QED) is 0.0550. The predicted octanol–water partition coefficient (Wildman–Crippen LogP) is 6.87. The number of hydrogen-bond acceptors (Lipinski definition) is 13. The minimum atomic E-state index is -1.99. The lowest BCUT2D eigenvalue weighted by Crippen LogP contribution is -2.72. The number of ketones is 1. The van der Waals surface area contributed by atoms with Crippen LogP contribution < -0.4 is 4.90 Å². The maximum atomic E-state index is 15.7. The first kappa shape index (κ1) is 50.5. The molecule has 5 heterocycles. The van der Waals surface area contributed by atoms with Crippen molar-refractivity contribution < 1.29 is 55.2 Å². The van der Waals surface area contributed by atoms with Crippen LogP contribution in [-0.2, 0) is 20.7 Å². The van der Waals surface area contributed by atoms with Gasteiger partial charge in [0, 0.05) is 42.0 Å². The first-order chi connectivity index (χ1) is 32.8. The van der Waals surface area contributed by atoms with Crippen LogP contribution >= 0.6 is 21.6 Å². The highest BCUT2D eigenvalue weighted by molar-refractivity contribution is 8.76. The zero-order chi connectivity index (χ0) is 49.3. The molecule has 0 aromatic heterocycles. The van der Waals surface area contributed by atoms with Crippen LogP contribution in [0.25, 0.3) is 0 Å². The Hall–Kier alpha value is -1.98. The smallest absolute Gasteiger partial charge is 0.234 e. The fourth-order valence-corrected chi connectivity index (χ4v) is 20.5. The van der Waals surface area contributed by atoms with E-state index in [0.29, 0.717) is 68.0 Å². The molecule has 12 rings (SSSR count). The van der Waals surface area contributed by atoms with E-state index in [-0.39, 0.29) is 73.2 Å². The number of unbranched alkanes of at least 4 members (excludes halogenated alkanes) is 2. The second kappa shape index (κ2) is 17.9. The van der Waals surface area contributed by atoms with Gasteiger partial charge in [-0.1, -0.05) is 94.0 Å². The summed E-state index contributed by atoms with van der Waals surface area (Å²) in [7, 11) is 2.59. The molecule has 0 unspecified atom stereocenters. The molecule has 18 atom stereocenters. The number of carbonyl (C=O) groups is 2. The number of phenols is 1. The van der Waals surface area contributed by atoms with E-state index in [4.69, 9.17) is 4.74 Å². The number of phenolic OH excluding ortho intramolecular Hbond substituents is 1. The zero-order valence-electron chi connectivity index (χ0n) is 41.4. The number of anilines is 1. The van der Waals surface area contributed by atoms with Gasteiger partial charge in [0.2, 0.25) is 5.91 Å². The third-order valence-electron chi connectivity index (χ3n) is 21.3. The number of aliphatic hydroxyl groups is 7. The van der Waals surface area contributed by atoms with Crippen molar-refractivity contribution >= 4 is 39.0 Å². The van der Waals surface area contributed by atoms with E-state index < -0.39 is 80.3 Å². The van der Waals surface area contributed by atoms with Gasteiger partial charge in [0.1, 0.15) is 28.5 Å². The average Bonchev–Trinajstić information content (AvgIpc) is 4.01. The number of ether oxygens (including phenoxy) is 1. The minimum Gasteiger partial charge on any atom is -0.508 e. The highest BCUT2D eigenvalue weighted by Crippen LogP contribution is 2.76. The lowest BCUT2D eigenvalue weighted by molar-refractivity contribution is -0.235. The molecule has 382 valence electrons. The van der Waals surface area contributed by atoms with Gasteiger partial charge in [-0.3, -0.25) is 9.59 Å². The van der Waals surface area contributed by atoms with Crippen molar-refractivity contribution in [1.82, 2.24) is 0 Å². The number of rotatable bonds is 9. The molecule has 69 heavy (non-hydrogen) atoms. The SMILES string of the molecule is CCCCC[C@@H]1CN2C(=O)[C@]13[C@@H](CO)CCC[C@H]3CSS[C@@H](O)[C@@]13C[C@@H](O)[C@](O)(CO)C[C@]1(C)[C@H]1C[C@H]4C=CC[C@](O)([C@@H]5O[C@H]5[C@H](C)C(C)C)[C@H]5CC[C@@](O)(C1=CC3=O)[C@]45CCc1cc(O)cc2c1. The largest absolute Gasteiger partial charge is 0.508 e. The third kappa shape index (κ3) is 7.04. The Kier molecular flexibility index (Phi) is 13.1. The maximum Gasteiger partial charge on any atom is 0.234 e. The van der Waals surface area contributed by atoms with Gasteiger partial charge in [-0.2, -0.15) is 0 Å². The number of aromatic hydroxyl groups is 1. The van der Waals surface area contributed by atoms with Crippen LogP contribution in [0.2, 0.25) is 0 Å². The van der Waals surface area contributed by atoms with Crippen molar-refractivity contribution in [2.24, 2.45) is 69.0 Å². The summed E-state index contributed by atoms with van der Waals surface area (Å²) in [6, 6.07) is 5.42. The van der Waals surface area contributed by atoms with E-state index in [1.54, 1.807) is 18.2 Å². The monoisotopic (exact) mass is 994 g/mol. The van der Waals surface area contributed by atoms with Gasteiger partial charge in [0.05, 0.1) is 35.2 Å². The Morgan fingerprint density at radius 1 is 0.986 bits per heavy atom. The highest BCUT2D eigenvalue weighted by atomic mass is 33.1. The standard InChI is InChI=1S/C55H79NO11S2/c1-6-7-8-11-35-26-56-38-20-33(21-39(59)23-38)15-18-51-34-14-10-17-53(65,46-45(67-46)32(4)31(2)3)42(51)16-19-54(51,66)41-24-43(60)52(25-44(61)50(64,30-58)29-49(52,5)40(41)22-34)48(63)69-68-28-37-13-9-12-36(27-57)55(35,37)47(56)62/h10,14,20-21,23-24,31-32,34-37,40,42,44-46,48,57-59,61,63-66H,6-9,11-13,15-19,22,25-30H2,1-5H3/t32-,34-,35-,36-,37+,40+,42+,44-,45+,46-,48-,49-,50-,51-,52+,53-,54-,55+/m1/s1. The molecule has 8 N–H and O–H groups in total. The molecule has 4 saturated carbocycles. The summed E-state index contributed by atoms with van der Waals surface area (Å²) in [5.41, 5.74) is -9.31. The summed E-state index contributed by atoms with van der Waals surface area (Å²) in [5, 5.41) is 98.1. The summed E-state index contributed by atoms with van der Waals surface area (Å²) in [5.74, 6) is -1.45. The number of fused-ring (bicyclic) bond motifs is 1. The van der Waals surface area contributed by atoms with Gasteiger partial charge >= 0.3 is 0 Å². The maximum absolute atomic E-state index is 15.7. The molecule has 2 saturated heterocycles. The van der Waals surface area contributed by atoms with Crippen LogP contribution in [0.15, 0.2) is 42.0 Å². The van der Waals surface area contributed by atoms with Gasteiger partial charge in [-0.05, 0) is 147 Å². The Balaban J connectivity index is 1.17. The zero-order valence-corrected chi connectivity index (χ0v) is 43.0. The summed E-state index contributed by atoms with van der Waals surface area (Å²) < 4.78 is 6.50. The molecule has 1 amide bonds. The van der Waals surface area contributed by atoms with Crippen LogP contribution in [0.3, 0.4) is 0 Å². The lowest BCUT2D eigenvalue weighted by Gasteiger charge is -2.68. The molecular weight excluding hydrogens is 915 g/mol. The van der Waals surface area contributed by atoms with E-state index in [1.165, 1.54) is 21.6 Å². The lowest BCUT2D eigenvalue weighted by atomic mass is 9.38. The molecule has 1 aromatic carbocycles. The molecule has 0 radical (unpaired) electrons. The average molecular weight is 994 g/mol. The van der Waals surface area contributed by atoms with Crippen molar-refractivity contribution in [2.75, 3.05) is 30.4 Å². The van der Waals surface area contributed by atoms with Crippen molar-refractivity contribution in [3.8, 4) is 5.75 Å². The number of amides is 1. The number of hydrogen-bond donors (Lipinski definition) is 8. The second-order valence-electron chi connectivity index (χ2n) is 24.3. The van der Waals surface area contributed by atoms with E-state index in [1.807, 2.05) is 24.0 Å². The predicted molar refractivity (Wildman–Crippen MR) is 267 cm³/mol. The summed E-state index contributed by atoms with van der Waals surface area (Å²) >= 11 is 0. The summed E-state index contributed by atoms with van der Waals surface area (Å²) in [4.78, 5) is 33.2. The van der Waals surface area contributed by atoms with Crippen molar-refractivity contribution in [2.45, 2.75) is 171 Å². The van der Waals surface area contributed by atoms with Gasteiger partial charge in [0.25, 0.3) is 0 Å². The Morgan fingerprint density at radius 3 is 2.49 bits per heavy atom. The van der Waals surface area contributed by atoms with Gasteiger partial charge < -0.3 is 50.5 Å². The Morgan fingerprint density at radius 2 is 1.77 bits per heavy atom. The molecule has 12 nitrogen and oxygen atoms in total. The number of carbonyl (C=O) groups excluding carboxylic acids is 2. The molecule has 14 heteroatoms. The number of epoxide rings is 1. The molecular formula is C55H79NO11S2. The highest BCUT2D eigenvalue weighted by Gasteiger charge is 2.79. The number of aliphatic hydroxyl groups excluding tert-OH is 4. The topological polar surface area (TPSA) is 212 Å². The molecule has 6 aliphatic carbocycles. The molecule has 3 spiro atoms. The minimum absolute atomic E-state index is 0.0267. The van der Waals surface area contributed by atoms with Gasteiger partial charge in [0.15, 0.2) is 5.78 Å². The molecule has 6 fully saturated rings. The van der Waals surface area contributed by atoms with Crippen LogP contribution in [0.1, 0.15) is 130 Å². The molecule has 5 aliphatic heterocycles. The fraction of sp³-hybridized carbons (Fsp3) is 0.782.